The number of anilines is 2. The van der Waals surface area contributed by atoms with Gasteiger partial charge in [0.1, 0.15) is 17.3 Å². The van der Waals surface area contributed by atoms with Gasteiger partial charge in [-0.25, -0.2) is 4.98 Å². The number of carbonyl (C=O) groups excluding carboxylic acids is 2. The Morgan fingerprint density at radius 2 is 2.04 bits per heavy atom. The summed E-state index contributed by atoms with van der Waals surface area (Å²) in [5.74, 6) is 1.49. The van der Waals surface area contributed by atoms with Gasteiger partial charge >= 0.3 is 0 Å². The van der Waals surface area contributed by atoms with Gasteiger partial charge in [0, 0.05) is 24.9 Å². The van der Waals surface area contributed by atoms with Gasteiger partial charge in [-0.1, -0.05) is 0 Å². The first kappa shape index (κ1) is 18.5. The minimum absolute atomic E-state index is 0.168. The lowest BCUT2D eigenvalue weighted by Gasteiger charge is -2.27. The second-order valence-corrected chi connectivity index (χ2v) is 6.22. The average molecular weight is 370 g/mol. The number of ether oxygens (including phenoxy) is 2. The Morgan fingerprint density at radius 3 is 2.74 bits per heavy atom. The number of carbonyl (C=O) groups is 2. The number of aromatic nitrogens is 1. The third-order valence-corrected chi connectivity index (χ3v) is 4.62. The summed E-state index contributed by atoms with van der Waals surface area (Å²) in [6.45, 7) is 2.08. The predicted octanol–water partition coefficient (Wildman–Crippen LogP) is 2.30. The molecule has 142 valence electrons. The van der Waals surface area contributed by atoms with Gasteiger partial charge in [-0.3, -0.25) is 9.59 Å². The Hall–Kier alpha value is -3.29. The van der Waals surface area contributed by atoms with Crippen LogP contribution in [0.5, 0.6) is 11.5 Å². The van der Waals surface area contributed by atoms with Crippen molar-refractivity contribution in [1.82, 2.24) is 9.88 Å². The molecule has 0 saturated carbocycles. The van der Waals surface area contributed by atoms with E-state index in [4.69, 9.17) is 9.47 Å². The molecule has 0 radical (unpaired) electrons. The van der Waals surface area contributed by atoms with Gasteiger partial charge in [-0.05, 0) is 25.1 Å². The fourth-order valence-corrected chi connectivity index (χ4v) is 2.93. The molecule has 0 aliphatic carbocycles. The Labute approximate surface area is 157 Å². The van der Waals surface area contributed by atoms with Crippen molar-refractivity contribution >= 4 is 23.3 Å². The molecule has 2 aromatic rings. The Morgan fingerprint density at radius 1 is 1.26 bits per heavy atom. The lowest BCUT2D eigenvalue weighted by atomic mass is 10.0. The number of rotatable bonds is 5. The van der Waals surface area contributed by atoms with Crippen LogP contribution in [0.3, 0.4) is 0 Å². The molecule has 27 heavy (non-hydrogen) atoms. The summed E-state index contributed by atoms with van der Waals surface area (Å²) in [6, 6.07) is 6.87. The molecule has 1 aliphatic rings. The highest BCUT2D eigenvalue weighted by Gasteiger charge is 2.24. The third kappa shape index (κ3) is 3.64. The Bertz CT molecular complexity index is 884. The zero-order valence-corrected chi connectivity index (χ0v) is 15.7. The number of methoxy groups -OCH3 is 2. The maximum Gasteiger partial charge on any atom is 0.255 e. The van der Waals surface area contributed by atoms with Crippen LogP contribution in [0.1, 0.15) is 28.9 Å². The standard InChI is InChI=1S/C19H22N4O4/c1-11(14-6-5-13(26-3)8-16(14)27-4)23(2)19(25)12-7-15-18(20-9-12)21-10-17(24)22-15/h5-9,11H,10H2,1-4H3,(H,20,21)(H,22,24). The molecule has 1 aromatic carbocycles. The minimum Gasteiger partial charge on any atom is -0.497 e. The minimum atomic E-state index is -0.248. The van der Waals surface area contributed by atoms with E-state index in [0.717, 1.165) is 5.56 Å². The molecule has 8 nitrogen and oxygen atoms in total. The fraction of sp³-hybridized carbons (Fsp3) is 0.316. The maximum atomic E-state index is 12.9. The first-order chi connectivity index (χ1) is 12.9. The lowest BCUT2D eigenvalue weighted by Crippen LogP contribution is -2.31. The average Bonchev–Trinajstić information content (AvgIpc) is 2.70. The Kier molecular flexibility index (Phi) is 5.16. The summed E-state index contributed by atoms with van der Waals surface area (Å²) in [7, 11) is 4.88. The van der Waals surface area contributed by atoms with Crippen LogP contribution in [0.4, 0.5) is 11.5 Å². The second kappa shape index (κ2) is 7.53. The number of hydrogen-bond donors (Lipinski definition) is 2. The van der Waals surface area contributed by atoms with Crippen molar-refractivity contribution in [3.63, 3.8) is 0 Å². The number of hydrogen-bond acceptors (Lipinski definition) is 6. The van der Waals surface area contributed by atoms with E-state index in [0.29, 0.717) is 28.6 Å². The summed E-state index contributed by atoms with van der Waals surface area (Å²) in [5, 5.41) is 5.62. The van der Waals surface area contributed by atoms with E-state index < -0.39 is 0 Å². The van der Waals surface area contributed by atoms with Crippen molar-refractivity contribution in [2.75, 3.05) is 38.4 Å². The number of amides is 2. The number of pyridine rings is 1. The highest BCUT2D eigenvalue weighted by molar-refractivity contribution is 6.02. The van der Waals surface area contributed by atoms with Crippen molar-refractivity contribution in [2.24, 2.45) is 0 Å². The zero-order chi connectivity index (χ0) is 19.6. The lowest BCUT2D eigenvalue weighted by molar-refractivity contribution is -0.114. The number of nitrogens with zero attached hydrogens (tertiary/aromatic N) is 2. The number of nitrogens with one attached hydrogen (secondary N) is 2. The normalized spacial score (nSPS) is 13.7. The molecule has 1 atom stereocenters. The highest BCUT2D eigenvalue weighted by Crippen LogP contribution is 2.33. The Balaban J connectivity index is 1.85. The van der Waals surface area contributed by atoms with Crippen molar-refractivity contribution < 1.29 is 19.1 Å². The van der Waals surface area contributed by atoms with Crippen LogP contribution < -0.4 is 20.1 Å². The summed E-state index contributed by atoms with van der Waals surface area (Å²) < 4.78 is 10.7. The molecule has 0 spiro atoms. The predicted molar refractivity (Wildman–Crippen MR) is 101 cm³/mol. The second-order valence-electron chi connectivity index (χ2n) is 6.22. The number of fused-ring (bicyclic) bond motifs is 1. The topological polar surface area (TPSA) is 92.8 Å². The zero-order valence-electron chi connectivity index (χ0n) is 15.7. The first-order valence-corrected chi connectivity index (χ1v) is 8.47. The van der Waals surface area contributed by atoms with Crippen molar-refractivity contribution in [1.29, 1.82) is 0 Å². The first-order valence-electron chi connectivity index (χ1n) is 8.47. The summed E-state index contributed by atoms with van der Waals surface area (Å²) in [6.07, 6.45) is 1.50. The quantitative estimate of drug-likeness (QED) is 0.839. The molecule has 2 heterocycles. The monoisotopic (exact) mass is 370 g/mol. The van der Waals surface area contributed by atoms with Crippen LogP contribution in [0.15, 0.2) is 30.5 Å². The van der Waals surface area contributed by atoms with Gasteiger partial charge in [-0.15, -0.1) is 0 Å². The molecule has 3 rings (SSSR count). The molecule has 1 unspecified atom stereocenters. The SMILES string of the molecule is COc1ccc(C(C)N(C)C(=O)c2cnc3c(c2)NC(=O)CN3)c(OC)c1. The van der Waals surface area contributed by atoms with E-state index in [-0.39, 0.29) is 24.4 Å². The van der Waals surface area contributed by atoms with Gasteiger partial charge in [-0.2, -0.15) is 0 Å². The van der Waals surface area contributed by atoms with E-state index in [9.17, 15) is 9.59 Å². The van der Waals surface area contributed by atoms with E-state index in [2.05, 4.69) is 15.6 Å². The summed E-state index contributed by atoms with van der Waals surface area (Å²) in [5.41, 5.74) is 1.75. The maximum absolute atomic E-state index is 12.9. The van der Waals surface area contributed by atoms with Crippen molar-refractivity contribution in [3.05, 3.63) is 41.6 Å². The largest absolute Gasteiger partial charge is 0.497 e. The van der Waals surface area contributed by atoms with Crippen molar-refractivity contribution in [2.45, 2.75) is 13.0 Å². The fourth-order valence-electron chi connectivity index (χ4n) is 2.93. The smallest absolute Gasteiger partial charge is 0.255 e. The van der Waals surface area contributed by atoms with Gasteiger partial charge < -0.3 is 25.0 Å². The molecule has 2 amide bonds. The van der Waals surface area contributed by atoms with Gasteiger partial charge in [0.25, 0.3) is 5.91 Å². The van der Waals surface area contributed by atoms with Crippen LogP contribution in [-0.4, -0.2) is 49.5 Å². The molecule has 2 N–H and O–H groups in total. The molecule has 0 bridgehead atoms. The number of benzene rings is 1. The summed E-state index contributed by atoms with van der Waals surface area (Å²) in [4.78, 5) is 30.3. The van der Waals surface area contributed by atoms with Gasteiger partial charge in [0.2, 0.25) is 5.91 Å². The highest BCUT2D eigenvalue weighted by atomic mass is 16.5. The molecule has 1 aromatic heterocycles. The van der Waals surface area contributed by atoms with E-state index >= 15 is 0 Å². The summed E-state index contributed by atoms with van der Waals surface area (Å²) >= 11 is 0. The van der Waals surface area contributed by atoms with Crippen LogP contribution in [-0.2, 0) is 4.79 Å². The van der Waals surface area contributed by atoms with E-state index in [1.54, 1.807) is 38.3 Å². The van der Waals surface area contributed by atoms with Crippen LogP contribution in [0, 0.1) is 0 Å². The van der Waals surface area contributed by atoms with Crippen molar-refractivity contribution in [3.8, 4) is 11.5 Å². The van der Waals surface area contributed by atoms with Gasteiger partial charge in [0.05, 0.1) is 38.1 Å². The molecule has 0 saturated heterocycles. The van der Waals surface area contributed by atoms with E-state index in [1.807, 2.05) is 19.1 Å². The molecule has 0 fully saturated rings. The van der Waals surface area contributed by atoms with Gasteiger partial charge in [0.15, 0.2) is 0 Å². The third-order valence-electron chi connectivity index (χ3n) is 4.62. The van der Waals surface area contributed by atoms with Crippen LogP contribution >= 0.6 is 0 Å². The molecular weight excluding hydrogens is 348 g/mol. The van der Waals surface area contributed by atoms with Crippen LogP contribution in [0.25, 0.3) is 0 Å². The van der Waals surface area contributed by atoms with E-state index in [1.165, 1.54) is 6.20 Å². The molecule has 1 aliphatic heterocycles. The molecular formula is C19H22N4O4. The van der Waals surface area contributed by atoms with Crippen LogP contribution in [0.2, 0.25) is 0 Å². The molecule has 8 heteroatoms.